The summed E-state index contributed by atoms with van der Waals surface area (Å²) < 4.78 is 14.0. The summed E-state index contributed by atoms with van der Waals surface area (Å²) in [5.74, 6) is -0.508. The number of carbonyl (C=O) groups is 1. The van der Waals surface area contributed by atoms with Gasteiger partial charge in [0.05, 0.1) is 4.70 Å². The van der Waals surface area contributed by atoms with Gasteiger partial charge in [0.1, 0.15) is 11.7 Å². The normalized spacial score (nSPS) is 10.6. The van der Waals surface area contributed by atoms with Crippen molar-refractivity contribution in [3.63, 3.8) is 0 Å². The topological polar surface area (TPSA) is 29.1 Å². The van der Waals surface area contributed by atoms with Gasteiger partial charge in [-0.05, 0) is 17.0 Å². The number of fused-ring (bicyclic) bond motifs is 1. The minimum Gasteiger partial charge on any atom is -0.351 e. The molecule has 2 aromatic rings. The summed E-state index contributed by atoms with van der Waals surface area (Å²) in [7, 11) is 0. The number of nitrogens with one attached hydrogen (secondary N) is 1. The van der Waals surface area contributed by atoms with Crippen LogP contribution >= 0.6 is 22.9 Å². The Morgan fingerprint density at radius 1 is 1.50 bits per heavy atom. The third kappa shape index (κ3) is 2.18. The molecular weight excluding hydrogens is 249 g/mol. The fraction of sp³-hybridized carbons (Fsp3) is 0.182. The van der Waals surface area contributed by atoms with Crippen molar-refractivity contribution in [3.8, 4) is 0 Å². The van der Waals surface area contributed by atoms with Gasteiger partial charge in [-0.3, -0.25) is 4.79 Å². The predicted octanol–water partition coefficient (Wildman–Crippen LogP) is 2.90. The lowest BCUT2D eigenvalue weighted by Crippen LogP contribution is -2.23. The third-order valence-electron chi connectivity index (χ3n) is 2.23. The number of alkyl halides is 1. The molecule has 0 radical (unpaired) electrons. The van der Waals surface area contributed by atoms with Crippen molar-refractivity contribution in [1.82, 2.24) is 5.32 Å². The first-order chi connectivity index (χ1) is 7.72. The van der Waals surface area contributed by atoms with Crippen molar-refractivity contribution in [1.29, 1.82) is 0 Å². The molecule has 0 aliphatic rings. The van der Waals surface area contributed by atoms with Crippen LogP contribution in [0.5, 0.6) is 0 Å². The second kappa shape index (κ2) is 4.80. The van der Waals surface area contributed by atoms with Gasteiger partial charge >= 0.3 is 0 Å². The van der Waals surface area contributed by atoms with E-state index in [2.05, 4.69) is 5.32 Å². The molecule has 1 N–H and O–H groups in total. The number of thiophene rings is 1. The zero-order chi connectivity index (χ0) is 11.5. The Labute approximate surface area is 101 Å². The Hall–Kier alpha value is -1.13. The lowest BCUT2D eigenvalue weighted by Gasteiger charge is -2.01. The van der Waals surface area contributed by atoms with Crippen LogP contribution in [0.1, 0.15) is 5.56 Å². The first-order valence-electron chi connectivity index (χ1n) is 4.69. The van der Waals surface area contributed by atoms with Crippen molar-refractivity contribution in [2.75, 3.05) is 5.88 Å². The van der Waals surface area contributed by atoms with E-state index in [9.17, 15) is 9.18 Å². The molecule has 0 unspecified atom stereocenters. The lowest BCUT2D eigenvalue weighted by molar-refractivity contribution is -0.118. The number of halogens is 2. The molecular formula is C11H9ClFNOS. The van der Waals surface area contributed by atoms with Crippen LogP contribution in [0.25, 0.3) is 10.1 Å². The molecule has 5 heteroatoms. The van der Waals surface area contributed by atoms with Gasteiger partial charge in [0.15, 0.2) is 0 Å². The highest BCUT2D eigenvalue weighted by molar-refractivity contribution is 7.17. The number of hydrogen-bond acceptors (Lipinski definition) is 2. The second-order valence-corrected chi connectivity index (χ2v) is 4.43. The van der Waals surface area contributed by atoms with Crippen molar-refractivity contribution in [3.05, 3.63) is 35.0 Å². The highest BCUT2D eigenvalue weighted by Gasteiger charge is 2.08. The highest BCUT2D eigenvalue weighted by atomic mass is 35.5. The quantitative estimate of drug-likeness (QED) is 0.842. The van der Waals surface area contributed by atoms with E-state index in [1.54, 1.807) is 6.07 Å². The van der Waals surface area contributed by atoms with Crippen molar-refractivity contribution >= 4 is 38.9 Å². The zero-order valence-corrected chi connectivity index (χ0v) is 9.87. The molecule has 0 fully saturated rings. The van der Waals surface area contributed by atoms with Gasteiger partial charge in [-0.15, -0.1) is 22.9 Å². The van der Waals surface area contributed by atoms with Crippen LogP contribution in [0.3, 0.4) is 0 Å². The van der Waals surface area contributed by atoms with Crippen molar-refractivity contribution in [2.24, 2.45) is 0 Å². The minimum atomic E-state index is -0.225. The minimum absolute atomic E-state index is 0.0591. The lowest BCUT2D eigenvalue weighted by atomic mass is 10.2. The molecule has 0 saturated heterocycles. The number of hydrogen-bond donors (Lipinski definition) is 1. The maximum absolute atomic E-state index is 13.4. The molecule has 1 aromatic carbocycles. The average molecular weight is 258 g/mol. The smallest absolute Gasteiger partial charge is 0.235 e. The number of benzene rings is 1. The molecule has 0 atom stereocenters. The first kappa shape index (κ1) is 11.4. The maximum atomic E-state index is 13.4. The summed E-state index contributed by atoms with van der Waals surface area (Å²) in [6.07, 6.45) is 0. The maximum Gasteiger partial charge on any atom is 0.235 e. The Kier molecular flexibility index (Phi) is 3.41. The largest absolute Gasteiger partial charge is 0.351 e. The van der Waals surface area contributed by atoms with Gasteiger partial charge < -0.3 is 5.32 Å². The number of carbonyl (C=O) groups excluding carboxylic acids is 1. The Morgan fingerprint density at radius 2 is 2.31 bits per heavy atom. The average Bonchev–Trinajstić information content (AvgIpc) is 2.70. The SMILES string of the molecule is O=C(CCl)NCc1csc2c(F)cccc12. The van der Waals surface area contributed by atoms with Gasteiger partial charge in [0.25, 0.3) is 0 Å². The van der Waals surface area contributed by atoms with Gasteiger partial charge in [0.2, 0.25) is 5.91 Å². The van der Waals surface area contributed by atoms with Gasteiger partial charge in [0, 0.05) is 11.9 Å². The van der Waals surface area contributed by atoms with Crippen LogP contribution < -0.4 is 5.32 Å². The van der Waals surface area contributed by atoms with Gasteiger partial charge in [-0.2, -0.15) is 0 Å². The molecule has 0 aliphatic carbocycles. The van der Waals surface area contributed by atoms with Crippen LogP contribution in [0.2, 0.25) is 0 Å². The van der Waals surface area contributed by atoms with E-state index in [0.717, 1.165) is 10.9 Å². The van der Waals surface area contributed by atoms with Crippen LogP contribution in [-0.2, 0) is 11.3 Å². The second-order valence-electron chi connectivity index (χ2n) is 3.29. The van der Waals surface area contributed by atoms with Gasteiger partial charge in [-0.1, -0.05) is 12.1 Å². The van der Waals surface area contributed by atoms with E-state index in [4.69, 9.17) is 11.6 Å². The molecule has 1 aromatic heterocycles. The Balaban J connectivity index is 2.25. The van der Waals surface area contributed by atoms with Crippen LogP contribution in [0.4, 0.5) is 4.39 Å². The molecule has 16 heavy (non-hydrogen) atoms. The van der Waals surface area contributed by atoms with E-state index in [0.29, 0.717) is 11.2 Å². The molecule has 1 heterocycles. The molecule has 0 bridgehead atoms. The number of amides is 1. The van der Waals surface area contributed by atoms with Crippen molar-refractivity contribution in [2.45, 2.75) is 6.54 Å². The predicted molar refractivity (Wildman–Crippen MR) is 64.3 cm³/mol. The molecule has 0 saturated carbocycles. The summed E-state index contributed by atoms with van der Waals surface area (Å²) in [4.78, 5) is 11.0. The summed E-state index contributed by atoms with van der Waals surface area (Å²) in [6, 6.07) is 4.94. The van der Waals surface area contributed by atoms with Crippen LogP contribution in [0, 0.1) is 5.82 Å². The Morgan fingerprint density at radius 3 is 3.06 bits per heavy atom. The molecule has 1 amide bonds. The first-order valence-corrected chi connectivity index (χ1v) is 6.11. The molecule has 0 aliphatic heterocycles. The third-order valence-corrected chi connectivity index (χ3v) is 3.53. The monoisotopic (exact) mass is 257 g/mol. The van der Waals surface area contributed by atoms with E-state index in [-0.39, 0.29) is 17.6 Å². The van der Waals surface area contributed by atoms with Crippen LogP contribution in [0.15, 0.2) is 23.6 Å². The molecule has 84 valence electrons. The molecule has 0 spiro atoms. The molecule has 2 rings (SSSR count). The van der Waals surface area contributed by atoms with Gasteiger partial charge in [-0.25, -0.2) is 4.39 Å². The fourth-order valence-electron chi connectivity index (χ4n) is 1.45. The van der Waals surface area contributed by atoms with E-state index < -0.39 is 0 Å². The summed E-state index contributed by atoms with van der Waals surface area (Å²) in [5, 5.41) is 5.36. The summed E-state index contributed by atoms with van der Waals surface area (Å²) in [6.45, 7) is 0.384. The Bertz CT molecular complexity index is 526. The van der Waals surface area contributed by atoms with E-state index in [1.165, 1.54) is 17.4 Å². The summed E-state index contributed by atoms with van der Waals surface area (Å²) in [5.41, 5.74) is 0.915. The number of rotatable bonds is 3. The van der Waals surface area contributed by atoms with E-state index >= 15 is 0 Å². The summed E-state index contributed by atoms with van der Waals surface area (Å²) >= 11 is 6.71. The van der Waals surface area contributed by atoms with Crippen molar-refractivity contribution < 1.29 is 9.18 Å². The molecule has 2 nitrogen and oxygen atoms in total. The van der Waals surface area contributed by atoms with E-state index in [1.807, 2.05) is 11.4 Å². The van der Waals surface area contributed by atoms with Crippen LogP contribution in [-0.4, -0.2) is 11.8 Å². The fourth-order valence-corrected chi connectivity index (χ4v) is 2.52. The highest BCUT2D eigenvalue weighted by Crippen LogP contribution is 2.27. The zero-order valence-electron chi connectivity index (χ0n) is 8.30. The standard InChI is InChI=1S/C11H9ClFNOS/c12-4-10(15)14-5-7-6-16-11-8(7)2-1-3-9(11)13/h1-3,6H,4-5H2,(H,14,15).